The third kappa shape index (κ3) is 3.68. The average molecular weight is 412 g/mol. The van der Waals surface area contributed by atoms with Gasteiger partial charge in [-0.1, -0.05) is 11.6 Å². The Morgan fingerprint density at radius 3 is 2.17 bits per heavy atom. The van der Waals surface area contributed by atoms with Crippen molar-refractivity contribution < 1.29 is 28.6 Å². The molecule has 1 N–H and O–H groups in total. The normalized spacial score (nSPS) is 13.7. The molecule has 0 bridgehead atoms. The zero-order valence-corrected chi connectivity index (χ0v) is 17.6. The number of hydrogen-bond donors (Lipinski definition) is 1. The fourth-order valence-corrected chi connectivity index (χ4v) is 3.40. The third-order valence-electron chi connectivity index (χ3n) is 5.08. The maximum Gasteiger partial charge on any atom is 0.262 e. The van der Waals surface area contributed by atoms with Crippen LogP contribution in [0.4, 0.5) is 0 Å². The van der Waals surface area contributed by atoms with E-state index in [1.165, 1.54) is 28.3 Å². The highest BCUT2D eigenvalue weighted by Crippen LogP contribution is 2.34. The van der Waals surface area contributed by atoms with Crippen LogP contribution in [0.25, 0.3) is 0 Å². The Morgan fingerprint density at radius 1 is 0.933 bits per heavy atom. The van der Waals surface area contributed by atoms with Gasteiger partial charge in [-0.05, 0) is 32.0 Å². The molecule has 0 aliphatic carbocycles. The summed E-state index contributed by atoms with van der Waals surface area (Å²) in [6.45, 7) is 3.48. The molecule has 1 unspecified atom stereocenters. The second-order valence-corrected chi connectivity index (χ2v) is 6.94. The molecule has 1 aliphatic rings. The number of rotatable bonds is 7. The number of imide groups is 1. The number of fused-ring (bicyclic) bond motifs is 1. The molecule has 0 saturated heterocycles. The van der Waals surface area contributed by atoms with Crippen LogP contribution in [0.1, 0.15) is 38.8 Å². The van der Waals surface area contributed by atoms with Crippen molar-refractivity contribution >= 4 is 17.7 Å². The molecule has 0 radical (unpaired) electrons. The molecule has 8 nitrogen and oxygen atoms in total. The van der Waals surface area contributed by atoms with Gasteiger partial charge in [0.25, 0.3) is 11.8 Å². The Hall–Kier alpha value is -3.55. The summed E-state index contributed by atoms with van der Waals surface area (Å²) in [4.78, 5) is 39.1. The van der Waals surface area contributed by atoms with Crippen molar-refractivity contribution in [2.24, 2.45) is 0 Å². The zero-order valence-electron chi connectivity index (χ0n) is 17.6. The number of carbonyl (C=O) groups excluding carboxylic acids is 3. The van der Waals surface area contributed by atoms with E-state index >= 15 is 0 Å². The fourth-order valence-electron chi connectivity index (χ4n) is 3.40. The molecule has 0 saturated carbocycles. The first-order chi connectivity index (χ1) is 14.3. The number of nitrogens with zero attached hydrogens (tertiary/aromatic N) is 1. The van der Waals surface area contributed by atoms with Crippen LogP contribution in [0.15, 0.2) is 30.3 Å². The Morgan fingerprint density at radius 2 is 1.53 bits per heavy atom. The summed E-state index contributed by atoms with van der Waals surface area (Å²) >= 11 is 0. The molecule has 1 heterocycles. The average Bonchev–Trinajstić information content (AvgIpc) is 2.99. The molecule has 8 heteroatoms. The molecular weight excluding hydrogens is 388 g/mol. The lowest BCUT2D eigenvalue weighted by Gasteiger charge is -2.22. The van der Waals surface area contributed by atoms with Gasteiger partial charge >= 0.3 is 0 Å². The monoisotopic (exact) mass is 412 g/mol. The number of benzene rings is 2. The first kappa shape index (κ1) is 21.2. The molecule has 2 aromatic carbocycles. The van der Waals surface area contributed by atoms with E-state index in [0.717, 1.165) is 10.5 Å². The van der Waals surface area contributed by atoms with Gasteiger partial charge < -0.3 is 19.5 Å². The molecular formula is C22H24N2O6. The lowest BCUT2D eigenvalue weighted by atomic mass is 10.1. The molecule has 2 aromatic rings. The number of aryl methyl sites for hydroxylation is 1. The van der Waals surface area contributed by atoms with Crippen molar-refractivity contribution in [1.82, 2.24) is 10.2 Å². The predicted molar refractivity (Wildman–Crippen MR) is 109 cm³/mol. The Balaban J connectivity index is 1.76. The number of amides is 3. The van der Waals surface area contributed by atoms with Crippen LogP contribution in [0, 0.1) is 6.92 Å². The maximum absolute atomic E-state index is 12.7. The minimum atomic E-state index is -0.969. The molecule has 30 heavy (non-hydrogen) atoms. The number of nitrogens with one attached hydrogen (secondary N) is 1. The third-order valence-corrected chi connectivity index (χ3v) is 5.08. The predicted octanol–water partition coefficient (Wildman–Crippen LogP) is 2.32. The van der Waals surface area contributed by atoms with Crippen LogP contribution in [-0.2, 0) is 11.3 Å². The smallest absolute Gasteiger partial charge is 0.262 e. The van der Waals surface area contributed by atoms with Gasteiger partial charge in [0.05, 0.1) is 32.5 Å². The van der Waals surface area contributed by atoms with E-state index in [9.17, 15) is 14.4 Å². The van der Waals surface area contributed by atoms with Gasteiger partial charge in [-0.2, -0.15) is 0 Å². The standard InChI is InChI=1S/C22H24N2O6/c1-12-6-7-15-16(8-12)22(27)24(21(15)26)13(2)20(25)23-11-14-9-18(29-4)19(30-5)10-17(14)28-3/h6-10,13H,11H2,1-5H3,(H,23,25). The minimum absolute atomic E-state index is 0.120. The van der Waals surface area contributed by atoms with E-state index in [4.69, 9.17) is 14.2 Å². The van der Waals surface area contributed by atoms with Crippen LogP contribution in [0.2, 0.25) is 0 Å². The quantitative estimate of drug-likeness (QED) is 0.702. The Bertz CT molecular complexity index is 1020. The van der Waals surface area contributed by atoms with Gasteiger partial charge in [-0.3, -0.25) is 19.3 Å². The number of hydrogen-bond acceptors (Lipinski definition) is 6. The van der Waals surface area contributed by atoms with Crippen LogP contribution in [-0.4, -0.2) is 50.0 Å². The summed E-state index contributed by atoms with van der Waals surface area (Å²) in [6.07, 6.45) is 0. The second-order valence-electron chi connectivity index (χ2n) is 6.94. The van der Waals surface area contributed by atoms with Crippen molar-refractivity contribution in [1.29, 1.82) is 0 Å². The van der Waals surface area contributed by atoms with Gasteiger partial charge in [0.15, 0.2) is 11.5 Å². The van der Waals surface area contributed by atoms with Crippen molar-refractivity contribution in [2.45, 2.75) is 26.4 Å². The van der Waals surface area contributed by atoms with Crippen LogP contribution >= 0.6 is 0 Å². The summed E-state index contributed by atoms with van der Waals surface area (Å²) in [7, 11) is 4.54. The summed E-state index contributed by atoms with van der Waals surface area (Å²) in [5.74, 6) is 0.103. The van der Waals surface area contributed by atoms with Crippen molar-refractivity contribution in [3.05, 3.63) is 52.6 Å². The van der Waals surface area contributed by atoms with Crippen molar-refractivity contribution in [2.75, 3.05) is 21.3 Å². The van der Waals surface area contributed by atoms with E-state index in [1.54, 1.807) is 30.3 Å². The van der Waals surface area contributed by atoms with Gasteiger partial charge in [0.1, 0.15) is 11.8 Å². The molecule has 0 fully saturated rings. The highest BCUT2D eigenvalue weighted by atomic mass is 16.5. The summed E-state index contributed by atoms with van der Waals surface area (Å²) in [5.41, 5.74) is 2.16. The van der Waals surface area contributed by atoms with Gasteiger partial charge in [-0.25, -0.2) is 0 Å². The van der Waals surface area contributed by atoms with Crippen LogP contribution in [0.3, 0.4) is 0 Å². The lowest BCUT2D eigenvalue weighted by molar-refractivity contribution is -0.124. The van der Waals surface area contributed by atoms with Crippen LogP contribution in [0.5, 0.6) is 17.2 Å². The number of carbonyl (C=O) groups is 3. The Labute approximate surface area is 174 Å². The highest BCUT2D eigenvalue weighted by Gasteiger charge is 2.40. The first-order valence-electron chi connectivity index (χ1n) is 9.37. The lowest BCUT2D eigenvalue weighted by Crippen LogP contribution is -2.47. The number of methoxy groups -OCH3 is 3. The molecule has 3 rings (SSSR count). The number of ether oxygens (including phenoxy) is 3. The molecule has 1 aliphatic heterocycles. The molecule has 158 valence electrons. The Kier molecular flexibility index (Phi) is 5.96. The summed E-state index contributed by atoms with van der Waals surface area (Å²) in [6, 6.07) is 7.44. The van der Waals surface area contributed by atoms with E-state index in [1.807, 2.05) is 6.92 Å². The molecule has 0 aromatic heterocycles. The van der Waals surface area contributed by atoms with Gasteiger partial charge in [0, 0.05) is 18.2 Å². The summed E-state index contributed by atoms with van der Waals surface area (Å²) in [5, 5.41) is 2.76. The first-order valence-corrected chi connectivity index (χ1v) is 9.37. The maximum atomic E-state index is 12.7. The molecule has 0 spiro atoms. The SMILES string of the molecule is COc1cc(OC)c(OC)cc1CNC(=O)C(C)N1C(=O)c2ccc(C)cc2C1=O. The highest BCUT2D eigenvalue weighted by molar-refractivity contribution is 6.22. The fraction of sp³-hybridized carbons (Fsp3) is 0.318. The van der Waals surface area contributed by atoms with Gasteiger partial charge in [-0.15, -0.1) is 0 Å². The largest absolute Gasteiger partial charge is 0.496 e. The van der Waals surface area contributed by atoms with Crippen molar-refractivity contribution in [3.63, 3.8) is 0 Å². The molecule has 1 atom stereocenters. The second kappa shape index (κ2) is 8.44. The van der Waals surface area contributed by atoms with E-state index in [0.29, 0.717) is 33.9 Å². The molecule has 3 amide bonds. The zero-order chi connectivity index (χ0) is 22.0. The summed E-state index contributed by atoms with van der Waals surface area (Å²) < 4.78 is 15.9. The van der Waals surface area contributed by atoms with E-state index < -0.39 is 23.8 Å². The van der Waals surface area contributed by atoms with Gasteiger partial charge in [0.2, 0.25) is 5.91 Å². The van der Waals surface area contributed by atoms with Crippen LogP contribution < -0.4 is 19.5 Å². The van der Waals surface area contributed by atoms with Crippen molar-refractivity contribution in [3.8, 4) is 17.2 Å². The van der Waals surface area contributed by atoms with E-state index in [2.05, 4.69) is 5.32 Å². The topological polar surface area (TPSA) is 94.2 Å². The van der Waals surface area contributed by atoms with E-state index in [-0.39, 0.29) is 6.54 Å². The minimum Gasteiger partial charge on any atom is -0.496 e.